The van der Waals surface area contributed by atoms with Gasteiger partial charge < -0.3 is 9.84 Å². The molecule has 0 spiro atoms. The predicted octanol–water partition coefficient (Wildman–Crippen LogP) is 4.45. The molecule has 0 aliphatic carbocycles. The fraction of sp³-hybridized carbons (Fsp3) is 0. The summed E-state index contributed by atoms with van der Waals surface area (Å²) in [7, 11) is 0. The van der Waals surface area contributed by atoms with Crippen molar-refractivity contribution in [3.8, 4) is 11.5 Å². The summed E-state index contributed by atoms with van der Waals surface area (Å²) in [4.78, 5) is 21.7. The Labute approximate surface area is 141 Å². The zero-order chi connectivity index (χ0) is 15.6. The van der Waals surface area contributed by atoms with E-state index < -0.39 is 10.9 Å². The third-order valence-electron chi connectivity index (χ3n) is 2.51. The van der Waals surface area contributed by atoms with Crippen molar-refractivity contribution < 1.29 is 19.6 Å². The van der Waals surface area contributed by atoms with Gasteiger partial charge in [-0.3, -0.25) is 10.1 Å². The number of nitro groups is 1. The highest BCUT2D eigenvalue weighted by atomic mass is 127. The predicted molar refractivity (Wildman–Crippen MR) is 87.0 cm³/mol. The average Bonchev–Trinajstić information content (AvgIpc) is 2.42. The van der Waals surface area contributed by atoms with Gasteiger partial charge in [0.1, 0.15) is 11.3 Å². The Kier molecular flexibility index (Phi) is 4.78. The van der Waals surface area contributed by atoms with Crippen LogP contribution in [0.5, 0.6) is 11.5 Å². The summed E-state index contributed by atoms with van der Waals surface area (Å²) in [6.45, 7) is 0. The van der Waals surface area contributed by atoms with Crippen LogP contribution in [-0.4, -0.2) is 16.0 Å². The van der Waals surface area contributed by atoms with Crippen LogP contribution in [0.4, 0.5) is 5.69 Å². The maximum Gasteiger partial charge on any atom is 0.339 e. The molecule has 0 bridgehead atoms. The molecule has 2 aromatic rings. The molecule has 0 unspecified atom stereocenters. The molecule has 0 saturated carbocycles. The van der Waals surface area contributed by atoms with Gasteiger partial charge in [0, 0.05) is 14.1 Å². The van der Waals surface area contributed by atoms with Crippen LogP contribution in [0.3, 0.4) is 0 Å². The van der Waals surface area contributed by atoms with Gasteiger partial charge in [0.25, 0.3) is 0 Å². The van der Waals surface area contributed by atoms with E-state index in [1.807, 2.05) is 22.6 Å². The second-order valence-electron chi connectivity index (χ2n) is 3.92. The lowest BCUT2D eigenvalue weighted by molar-refractivity contribution is -0.385. The first-order valence-electron chi connectivity index (χ1n) is 5.53. The summed E-state index contributed by atoms with van der Waals surface area (Å²) in [5.74, 6) is -1.15. The minimum absolute atomic E-state index is 0.00904. The lowest BCUT2D eigenvalue weighted by Gasteiger charge is -2.09. The van der Waals surface area contributed by atoms with Crippen molar-refractivity contribution in [2.45, 2.75) is 0 Å². The van der Waals surface area contributed by atoms with Crippen molar-refractivity contribution in [1.29, 1.82) is 0 Å². The Morgan fingerprint density at radius 2 is 1.90 bits per heavy atom. The van der Waals surface area contributed by atoms with Crippen molar-refractivity contribution in [2.75, 3.05) is 0 Å². The Bertz CT molecular complexity index is 673. The van der Waals surface area contributed by atoms with Crippen molar-refractivity contribution in [1.82, 2.24) is 0 Å². The number of nitro benzene ring substituents is 1. The SMILES string of the molecule is O=C(O)c1cc(Br)ccc1Oc1ccc(I)cc1[N+](=O)[O-]. The Hall–Kier alpha value is -1.68. The molecule has 1 N–H and O–H groups in total. The first-order chi connectivity index (χ1) is 9.88. The fourth-order valence-corrected chi connectivity index (χ4v) is 2.43. The summed E-state index contributed by atoms with van der Waals surface area (Å²) >= 11 is 5.12. The second kappa shape index (κ2) is 6.39. The molecule has 0 atom stereocenters. The molecule has 0 aliphatic rings. The van der Waals surface area contributed by atoms with Gasteiger partial charge >= 0.3 is 11.7 Å². The second-order valence-corrected chi connectivity index (χ2v) is 6.08. The van der Waals surface area contributed by atoms with Gasteiger partial charge in [-0.15, -0.1) is 0 Å². The summed E-state index contributed by atoms with van der Waals surface area (Å²) in [5, 5.41) is 20.2. The van der Waals surface area contributed by atoms with Crippen LogP contribution in [0.15, 0.2) is 40.9 Å². The number of halogens is 2. The molecule has 2 rings (SSSR count). The minimum atomic E-state index is -1.18. The normalized spacial score (nSPS) is 10.2. The summed E-state index contributed by atoms with van der Waals surface area (Å²) in [5.41, 5.74) is -0.307. The number of aromatic carboxylic acids is 1. The standard InChI is InChI=1S/C13H7BrINO5/c14-7-1-3-11(9(5-7)13(17)18)21-12-4-2-8(15)6-10(12)16(19)20/h1-6H,(H,17,18). The van der Waals surface area contributed by atoms with Crippen LogP contribution in [0.1, 0.15) is 10.4 Å². The van der Waals surface area contributed by atoms with Gasteiger partial charge in [0.15, 0.2) is 0 Å². The quantitative estimate of drug-likeness (QED) is 0.411. The van der Waals surface area contributed by atoms with E-state index in [4.69, 9.17) is 9.84 Å². The monoisotopic (exact) mass is 463 g/mol. The molecule has 0 saturated heterocycles. The molecule has 21 heavy (non-hydrogen) atoms. The van der Waals surface area contributed by atoms with Crippen LogP contribution < -0.4 is 4.74 Å². The molecule has 0 radical (unpaired) electrons. The summed E-state index contributed by atoms with van der Waals surface area (Å²) in [6.07, 6.45) is 0. The molecule has 108 valence electrons. The maximum atomic E-state index is 11.2. The number of hydrogen-bond acceptors (Lipinski definition) is 4. The van der Waals surface area contributed by atoms with E-state index in [2.05, 4.69) is 15.9 Å². The van der Waals surface area contributed by atoms with Gasteiger partial charge in [0.2, 0.25) is 5.75 Å². The van der Waals surface area contributed by atoms with Gasteiger partial charge in [0.05, 0.1) is 4.92 Å². The van der Waals surface area contributed by atoms with Gasteiger partial charge in [-0.25, -0.2) is 4.79 Å². The van der Waals surface area contributed by atoms with E-state index in [9.17, 15) is 14.9 Å². The fourth-order valence-electron chi connectivity index (χ4n) is 1.60. The highest BCUT2D eigenvalue weighted by molar-refractivity contribution is 14.1. The zero-order valence-corrected chi connectivity index (χ0v) is 14.0. The van der Waals surface area contributed by atoms with Crippen molar-refractivity contribution in [2.24, 2.45) is 0 Å². The average molecular weight is 464 g/mol. The molecule has 2 aromatic carbocycles. The number of carboxylic acids is 1. The van der Waals surface area contributed by atoms with E-state index >= 15 is 0 Å². The topological polar surface area (TPSA) is 89.7 Å². The molecule has 8 heteroatoms. The van der Waals surface area contributed by atoms with Crippen LogP contribution >= 0.6 is 38.5 Å². The maximum absolute atomic E-state index is 11.2. The third-order valence-corrected chi connectivity index (χ3v) is 3.67. The lowest BCUT2D eigenvalue weighted by Crippen LogP contribution is -2.01. The van der Waals surface area contributed by atoms with E-state index in [1.165, 1.54) is 24.3 Å². The number of benzene rings is 2. The molecule has 0 heterocycles. The van der Waals surface area contributed by atoms with Gasteiger partial charge in [-0.1, -0.05) is 15.9 Å². The molecular formula is C13H7BrINO5. The lowest BCUT2D eigenvalue weighted by atomic mass is 10.2. The van der Waals surface area contributed by atoms with Crippen LogP contribution in [0.2, 0.25) is 0 Å². The smallest absolute Gasteiger partial charge is 0.339 e. The van der Waals surface area contributed by atoms with Crippen molar-refractivity contribution >= 4 is 50.2 Å². The number of nitrogens with zero attached hydrogens (tertiary/aromatic N) is 1. The van der Waals surface area contributed by atoms with E-state index in [0.717, 1.165) is 0 Å². The molecule has 0 aromatic heterocycles. The highest BCUT2D eigenvalue weighted by Gasteiger charge is 2.19. The van der Waals surface area contributed by atoms with E-state index in [0.29, 0.717) is 8.04 Å². The summed E-state index contributed by atoms with van der Waals surface area (Å²) in [6, 6.07) is 8.84. The van der Waals surface area contributed by atoms with Crippen LogP contribution in [-0.2, 0) is 0 Å². The Morgan fingerprint density at radius 1 is 1.24 bits per heavy atom. The third kappa shape index (κ3) is 3.70. The van der Waals surface area contributed by atoms with Crippen molar-refractivity contribution in [3.05, 3.63) is 60.1 Å². The molecule has 0 fully saturated rings. The Balaban J connectivity index is 2.48. The van der Waals surface area contributed by atoms with Gasteiger partial charge in [-0.2, -0.15) is 0 Å². The largest absolute Gasteiger partial charge is 0.478 e. The van der Waals surface area contributed by atoms with E-state index in [-0.39, 0.29) is 22.7 Å². The number of ether oxygens (including phenoxy) is 1. The summed E-state index contributed by atoms with van der Waals surface area (Å²) < 4.78 is 6.68. The van der Waals surface area contributed by atoms with Crippen LogP contribution in [0, 0.1) is 13.7 Å². The zero-order valence-electron chi connectivity index (χ0n) is 10.2. The molecular weight excluding hydrogens is 457 g/mol. The highest BCUT2D eigenvalue weighted by Crippen LogP contribution is 2.34. The Morgan fingerprint density at radius 3 is 2.52 bits per heavy atom. The van der Waals surface area contributed by atoms with Crippen LogP contribution in [0.25, 0.3) is 0 Å². The molecule has 6 nitrogen and oxygen atoms in total. The minimum Gasteiger partial charge on any atom is -0.478 e. The van der Waals surface area contributed by atoms with Crippen molar-refractivity contribution in [3.63, 3.8) is 0 Å². The van der Waals surface area contributed by atoms with E-state index in [1.54, 1.807) is 12.1 Å². The first kappa shape index (κ1) is 15.7. The molecule has 0 aliphatic heterocycles. The number of carboxylic acid groups (broad SMARTS) is 1. The molecule has 0 amide bonds. The number of hydrogen-bond donors (Lipinski definition) is 1. The van der Waals surface area contributed by atoms with Gasteiger partial charge in [-0.05, 0) is 52.9 Å². The first-order valence-corrected chi connectivity index (χ1v) is 7.40. The number of rotatable bonds is 4. The number of carbonyl (C=O) groups is 1.